The number of hydrogen-bond donors (Lipinski definition) is 1. The van der Waals surface area contributed by atoms with E-state index in [-0.39, 0.29) is 11.5 Å². The number of carbonyl (C=O) groups excluding carboxylic acids is 1. The molecule has 5 rings (SSSR count). The van der Waals surface area contributed by atoms with Gasteiger partial charge in [-0.15, -0.1) is 11.3 Å². The lowest BCUT2D eigenvalue weighted by atomic mass is 9.82. The molecule has 0 bridgehead atoms. The van der Waals surface area contributed by atoms with Crippen molar-refractivity contribution in [1.29, 1.82) is 0 Å². The third kappa shape index (κ3) is 3.24. The number of nitrogens with one attached hydrogen (secondary N) is 1. The normalized spacial score (nSPS) is 17.9. The van der Waals surface area contributed by atoms with E-state index in [0.29, 0.717) is 18.8 Å². The van der Waals surface area contributed by atoms with Crippen LogP contribution in [0.1, 0.15) is 33.8 Å². The second-order valence-electron chi connectivity index (χ2n) is 7.50. The topological polar surface area (TPSA) is 67.5 Å². The number of carbonyl (C=O) groups is 1. The number of hydrogen-bond acceptors (Lipinski definition) is 5. The maximum absolute atomic E-state index is 12.7. The fraction of sp³-hybridized carbons (Fsp3) is 0.364. The van der Waals surface area contributed by atoms with Crippen molar-refractivity contribution in [3.05, 3.63) is 58.9 Å². The predicted octanol–water partition coefficient (Wildman–Crippen LogP) is 3.85. The number of methoxy groups -OCH3 is 1. The summed E-state index contributed by atoms with van der Waals surface area (Å²) in [6.07, 6.45) is 6.11. The molecule has 0 radical (unpaired) electrons. The average molecular weight is 410 g/mol. The van der Waals surface area contributed by atoms with E-state index >= 15 is 0 Å². The molecule has 1 amide bonds. The number of thiophene rings is 1. The maximum atomic E-state index is 12.7. The monoisotopic (exact) mass is 409 g/mol. The summed E-state index contributed by atoms with van der Waals surface area (Å²) in [6, 6.07) is 9.87. The van der Waals surface area contributed by atoms with Gasteiger partial charge in [-0.2, -0.15) is 0 Å². The Hall–Kier alpha value is -2.64. The summed E-state index contributed by atoms with van der Waals surface area (Å²) >= 11 is 1.81. The van der Waals surface area contributed by atoms with Gasteiger partial charge >= 0.3 is 0 Å². The molecule has 0 aromatic carbocycles. The molecule has 150 valence electrons. The molecule has 3 aromatic heterocycles. The van der Waals surface area contributed by atoms with E-state index in [1.807, 2.05) is 29.2 Å². The van der Waals surface area contributed by atoms with Crippen LogP contribution in [0.4, 0.5) is 0 Å². The number of rotatable bonds is 3. The van der Waals surface area contributed by atoms with Gasteiger partial charge in [-0.25, -0.2) is 0 Å². The Bertz CT molecular complexity index is 1000. The number of piperidine rings is 1. The first-order valence-electron chi connectivity index (χ1n) is 9.89. The van der Waals surface area contributed by atoms with E-state index in [1.165, 1.54) is 10.4 Å². The summed E-state index contributed by atoms with van der Waals surface area (Å²) < 4.78 is 11.6. The van der Waals surface area contributed by atoms with Crippen LogP contribution in [0.5, 0.6) is 5.75 Å². The Labute approximate surface area is 173 Å². The smallest absolute Gasteiger partial charge is 0.270 e. The summed E-state index contributed by atoms with van der Waals surface area (Å²) in [5.41, 5.74) is 2.60. The lowest BCUT2D eigenvalue weighted by Crippen LogP contribution is -2.48. The van der Waals surface area contributed by atoms with Crippen molar-refractivity contribution in [3.63, 3.8) is 0 Å². The maximum Gasteiger partial charge on any atom is 0.270 e. The predicted molar refractivity (Wildman–Crippen MR) is 111 cm³/mol. The Morgan fingerprint density at radius 3 is 2.86 bits per heavy atom. The molecule has 29 heavy (non-hydrogen) atoms. The summed E-state index contributed by atoms with van der Waals surface area (Å²) in [7, 11) is 1.65. The van der Waals surface area contributed by atoms with Crippen molar-refractivity contribution in [2.24, 2.45) is 0 Å². The number of nitrogens with zero attached hydrogens (tertiary/aromatic N) is 2. The number of ether oxygens (including phenoxy) is 2. The number of amides is 1. The molecule has 2 aliphatic rings. The first-order chi connectivity index (χ1) is 14.2. The molecule has 1 N–H and O–H groups in total. The van der Waals surface area contributed by atoms with Crippen molar-refractivity contribution in [2.45, 2.75) is 24.9 Å². The fourth-order valence-corrected chi connectivity index (χ4v) is 5.52. The third-order valence-electron chi connectivity index (χ3n) is 5.92. The van der Waals surface area contributed by atoms with E-state index in [9.17, 15) is 4.79 Å². The van der Waals surface area contributed by atoms with Gasteiger partial charge in [-0.3, -0.25) is 9.78 Å². The number of likely N-dealkylation sites (tertiary alicyclic amines) is 1. The number of aromatic amines is 1. The van der Waals surface area contributed by atoms with Crippen LogP contribution >= 0.6 is 11.3 Å². The zero-order chi connectivity index (χ0) is 19.8. The Morgan fingerprint density at radius 2 is 2.17 bits per heavy atom. The average Bonchev–Trinajstić information content (AvgIpc) is 3.45. The molecule has 0 unspecified atom stereocenters. The van der Waals surface area contributed by atoms with Crippen LogP contribution in [-0.2, 0) is 16.8 Å². The van der Waals surface area contributed by atoms with Crippen LogP contribution in [0.2, 0.25) is 0 Å². The fourth-order valence-electron chi connectivity index (χ4n) is 4.31. The van der Waals surface area contributed by atoms with Gasteiger partial charge in [0.25, 0.3) is 5.91 Å². The lowest BCUT2D eigenvalue weighted by molar-refractivity contribution is -0.0926. The van der Waals surface area contributed by atoms with E-state index in [1.54, 1.807) is 30.8 Å². The molecule has 5 heterocycles. The van der Waals surface area contributed by atoms with E-state index in [4.69, 9.17) is 9.47 Å². The molecule has 0 saturated carbocycles. The molecule has 7 heteroatoms. The van der Waals surface area contributed by atoms with Crippen molar-refractivity contribution in [1.82, 2.24) is 14.9 Å². The van der Waals surface area contributed by atoms with Gasteiger partial charge in [0.15, 0.2) is 0 Å². The zero-order valence-electron chi connectivity index (χ0n) is 16.3. The Kier molecular flexibility index (Phi) is 4.64. The first kappa shape index (κ1) is 18.4. The molecule has 2 aliphatic heterocycles. The standard InChI is InChI=1S/C22H23N3O3S/c1-27-15-4-5-17(24-14-15)20-13-16-19(29-20)6-12-28-22(16)7-10-25(11-8-22)21(26)18-3-2-9-23-18/h2-5,9,13-14,23H,6-8,10-12H2,1H3. The summed E-state index contributed by atoms with van der Waals surface area (Å²) in [6.45, 7) is 2.13. The van der Waals surface area contributed by atoms with Gasteiger partial charge < -0.3 is 19.4 Å². The molecule has 6 nitrogen and oxygen atoms in total. The second-order valence-corrected chi connectivity index (χ2v) is 8.64. The summed E-state index contributed by atoms with van der Waals surface area (Å²) in [5.74, 6) is 0.823. The minimum Gasteiger partial charge on any atom is -0.495 e. The van der Waals surface area contributed by atoms with Gasteiger partial charge in [-0.1, -0.05) is 0 Å². The second kappa shape index (κ2) is 7.31. The molecule has 0 atom stereocenters. The van der Waals surface area contributed by atoms with Crippen molar-refractivity contribution in [2.75, 3.05) is 26.8 Å². The highest BCUT2D eigenvalue weighted by Crippen LogP contribution is 2.46. The minimum atomic E-state index is -0.290. The zero-order valence-corrected chi connectivity index (χ0v) is 17.1. The number of aromatic nitrogens is 2. The quantitative estimate of drug-likeness (QED) is 0.714. The summed E-state index contributed by atoms with van der Waals surface area (Å²) in [5, 5.41) is 0. The van der Waals surface area contributed by atoms with Gasteiger partial charge in [-0.05, 0) is 48.7 Å². The number of fused-ring (bicyclic) bond motifs is 2. The number of pyridine rings is 1. The van der Waals surface area contributed by atoms with Crippen molar-refractivity contribution < 1.29 is 14.3 Å². The van der Waals surface area contributed by atoms with Crippen LogP contribution in [0, 0.1) is 0 Å². The molecular weight excluding hydrogens is 386 g/mol. The van der Waals surface area contributed by atoms with Crippen LogP contribution in [0.25, 0.3) is 10.6 Å². The lowest BCUT2D eigenvalue weighted by Gasteiger charge is -2.44. The van der Waals surface area contributed by atoms with Gasteiger partial charge in [0.05, 0.1) is 36.1 Å². The molecule has 1 saturated heterocycles. The molecule has 0 aliphatic carbocycles. The molecular formula is C22H23N3O3S. The molecule has 3 aromatic rings. The van der Waals surface area contributed by atoms with E-state index < -0.39 is 0 Å². The largest absolute Gasteiger partial charge is 0.495 e. The highest BCUT2D eigenvalue weighted by Gasteiger charge is 2.43. The van der Waals surface area contributed by atoms with Crippen LogP contribution < -0.4 is 4.74 Å². The van der Waals surface area contributed by atoms with Gasteiger partial charge in [0.2, 0.25) is 0 Å². The van der Waals surface area contributed by atoms with Crippen molar-refractivity contribution >= 4 is 17.2 Å². The molecule has 1 fully saturated rings. The van der Waals surface area contributed by atoms with Crippen LogP contribution in [-0.4, -0.2) is 47.6 Å². The van der Waals surface area contributed by atoms with Gasteiger partial charge in [0.1, 0.15) is 11.4 Å². The highest BCUT2D eigenvalue weighted by atomic mass is 32.1. The van der Waals surface area contributed by atoms with Crippen molar-refractivity contribution in [3.8, 4) is 16.3 Å². The third-order valence-corrected chi connectivity index (χ3v) is 7.14. The number of H-pyrrole nitrogens is 1. The van der Waals surface area contributed by atoms with E-state index in [2.05, 4.69) is 16.0 Å². The van der Waals surface area contributed by atoms with Gasteiger partial charge in [0, 0.05) is 30.6 Å². The Balaban J connectivity index is 1.38. The first-order valence-corrected chi connectivity index (χ1v) is 10.7. The molecule has 1 spiro atoms. The summed E-state index contributed by atoms with van der Waals surface area (Å²) in [4.78, 5) is 24.7. The van der Waals surface area contributed by atoms with Crippen LogP contribution in [0.15, 0.2) is 42.7 Å². The minimum absolute atomic E-state index is 0.0642. The van der Waals surface area contributed by atoms with Crippen LogP contribution in [0.3, 0.4) is 0 Å². The van der Waals surface area contributed by atoms with E-state index in [0.717, 1.165) is 42.2 Å². The Morgan fingerprint density at radius 1 is 1.31 bits per heavy atom. The highest BCUT2D eigenvalue weighted by molar-refractivity contribution is 7.15. The SMILES string of the molecule is COc1ccc(-c2cc3c(s2)CCOC32CCN(C(=O)c3ccc[nH]3)CC2)nc1.